The molecule has 0 aliphatic heterocycles. The molecule has 0 bridgehead atoms. The molecule has 0 spiro atoms. The molecule has 0 aromatic heterocycles. The highest BCUT2D eigenvalue weighted by Crippen LogP contribution is 2.18. The van der Waals surface area contributed by atoms with Gasteiger partial charge in [0.05, 0.1) is 5.54 Å². The van der Waals surface area contributed by atoms with Crippen molar-refractivity contribution in [1.29, 1.82) is 0 Å². The number of benzene rings is 1. The van der Waals surface area contributed by atoms with Gasteiger partial charge in [-0.05, 0) is 44.0 Å². The van der Waals surface area contributed by atoms with Gasteiger partial charge >= 0.3 is 0 Å². The fraction of sp³-hybridized carbons (Fsp3) is 0.500. The molecule has 1 unspecified atom stereocenters. The zero-order chi connectivity index (χ0) is 16.2. The number of nitrogens with two attached hydrogens (primary N) is 1. The van der Waals surface area contributed by atoms with Gasteiger partial charge in [-0.2, -0.15) is 0 Å². The van der Waals surface area contributed by atoms with Crippen LogP contribution in [0.4, 0.5) is 5.69 Å². The van der Waals surface area contributed by atoms with E-state index in [-0.39, 0.29) is 11.8 Å². The third-order valence-electron chi connectivity index (χ3n) is 3.41. The van der Waals surface area contributed by atoms with Crippen LogP contribution in [0.1, 0.15) is 42.6 Å². The second-order valence-corrected chi connectivity index (χ2v) is 5.85. The van der Waals surface area contributed by atoms with Gasteiger partial charge in [-0.1, -0.05) is 13.3 Å². The van der Waals surface area contributed by atoms with Crippen LogP contribution in [0, 0.1) is 6.92 Å². The van der Waals surface area contributed by atoms with E-state index >= 15 is 0 Å². The van der Waals surface area contributed by atoms with Gasteiger partial charge in [-0.3, -0.25) is 9.59 Å². The molecule has 3 N–H and O–H groups in total. The van der Waals surface area contributed by atoms with Crippen molar-refractivity contribution in [2.24, 2.45) is 5.73 Å². The number of nitrogens with zero attached hydrogens (tertiary/aromatic N) is 1. The summed E-state index contributed by atoms with van der Waals surface area (Å²) in [5.74, 6) is -0.268. The van der Waals surface area contributed by atoms with Gasteiger partial charge in [0.15, 0.2) is 0 Å². The lowest BCUT2D eigenvalue weighted by molar-refractivity contribution is -0.120. The van der Waals surface area contributed by atoms with E-state index in [0.29, 0.717) is 17.7 Å². The van der Waals surface area contributed by atoms with E-state index in [9.17, 15) is 9.59 Å². The number of amides is 2. The lowest BCUT2D eigenvalue weighted by atomic mass is 9.96. The average Bonchev–Trinajstić information content (AvgIpc) is 2.37. The van der Waals surface area contributed by atoms with Crippen LogP contribution in [-0.4, -0.2) is 36.3 Å². The molecule has 1 aromatic rings. The number of nitrogens with one attached hydrogen (secondary N) is 1. The Morgan fingerprint density at radius 1 is 1.33 bits per heavy atom. The van der Waals surface area contributed by atoms with Gasteiger partial charge in [0.2, 0.25) is 5.91 Å². The normalized spacial score (nSPS) is 13.4. The van der Waals surface area contributed by atoms with E-state index in [4.69, 9.17) is 5.73 Å². The van der Waals surface area contributed by atoms with Crippen LogP contribution in [-0.2, 0) is 4.79 Å². The van der Waals surface area contributed by atoms with Crippen LogP contribution in [0.3, 0.4) is 0 Å². The number of rotatable bonds is 5. The van der Waals surface area contributed by atoms with E-state index < -0.39 is 5.54 Å². The summed E-state index contributed by atoms with van der Waals surface area (Å²) < 4.78 is 0. The van der Waals surface area contributed by atoms with Crippen molar-refractivity contribution in [1.82, 2.24) is 4.90 Å². The van der Waals surface area contributed by atoms with Crippen LogP contribution in [0.15, 0.2) is 18.2 Å². The molecule has 1 atom stereocenters. The second-order valence-electron chi connectivity index (χ2n) is 5.85. The Labute approximate surface area is 126 Å². The predicted molar refractivity (Wildman–Crippen MR) is 85.3 cm³/mol. The summed E-state index contributed by atoms with van der Waals surface area (Å²) in [4.78, 5) is 25.6. The van der Waals surface area contributed by atoms with E-state index in [1.165, 1.54) is 4.90 Å². The lowest BCUT2D eigenvalue weighted by Crippen LogP contribution is -2.48. The largest absolute Gasteiger partial charge is 0.345 e. The first-order valence-electron chi connectivity index (χ1n) is 7.11. The maximum absolute atomic E-state index is 12.2. The number of hydrogen-bond acceptors (Lipinski definition) is 3. The van der Waals surface area contributed by atoms with Gasteiger partial charge in [-0.15, -0.1) is 0 Å². The fourth-order valence-corrected chi connectivity index (χ4v) is 2.13. The molecular weight excluding hydrogens is 266 g/mol. The van der Waals surface area contributed by atoms with Crippen molar-refractivity contribution >= 4 is 17.5 Å². The van der Waals surface area contributed by atoms with Crippen LogP contribution in [0.5, 0.6) is 0 Å². The molecule has 0 heterocycles. The molecule has 1 rings (SSSR count). The first-order chi connectivity index (χ1) is 9.69. The molecular formula is C16H25N3O2. The summed E-state index contributed by atoms with van der Waals surface area (Å²) in [6.07, 6.45) is 1.46. The molecule has 0 aliphatic carbocycles. The van der Waals surface area contributed by atoms with Crippen molar-refractivity contribution in [3.05, 3.63) is 29.3 Å². The van der Waals surface area contributed by atoms with E-state index in [1.54, 1.807) is 39.2 Å². The fourth-order valence-electron chi connectivity index (χ4n) is 2.13. The third-order valence-corrected chi connectivity index (χ3v) is 3.41. The Balaban J connectivity index is 2.90. The number of aryl methyl sites for hydroxylation is 1. The van der Waals surface area contributed by atoms with Crippen LogP contribution in [0.25, 0.3) is 0 Å². The van der Waals surface area contributed by atoms with Crippen molar-refractivity contribution in [2.45, 2.75) is 39.2 Å². The monoisotopic (exact) mass is 291 g/mol. The zero-order valence-electron chi connectivity index (χ0n) is 13.5. The zero-order valence-corrected chi connectivity index (χ0v) is 13.5. The van der Waals surface area contributed by atoms with Gasteiger partial charge in [0.25, 0.3) is 5.91 Å². The van der Waals surface area contributed by atoms with Crippen LogP contribution >= 0.6 is 0 Å². The Hall–Kier alpha value is -1.88. The smallest absolute Gasteiger partial charge is 0.253 e. The molecule has 0 saturated carbocycles. The molecule has 0 fully saturated rings. The van der Waals surface area contributed by atoms with Gasteiger partial charge < -0.3 is 16.0 Å². The molecule has 116 valence electrons. The maximum Gasteiger partial charge on any atom is 0.253 e. The summed E-state index contributed by atoms with van der Waals surface area (Å²) in [6.45, 7) is 5.56. The SMILES string of the molecule is CCCC(C)(N)C(=O)Nc1ccc(C(=O)N(C)C)c(C)c1. The minimum Gasteiger partial charge on any atom is -0.345 e. The number of carbonyl (C=O) groups is 2. The Morgan fingerprint density at radius 2 is 1.95 bits per heavy atom. The van der Waals surface area contributed by atoms with Crippen LogP contribution in [0.2, 0.25) is 0 Å². The third kappa shape index (κ3) is 4.29. The lowest BCUT2D eigenvalue weighted by Gasteiger charge is -2.23. The number of hydrogen-bond donors (Lipinski definition) is 2. The Kier molecular flexibility index (Phi) is 5.49. The molecule has 5 heteroatoms. The first kappa shape index (κ1) is 17.2. The predicted octanol–water partition coefficient (Wildman–Crippen LogP) is 2.15. The van der Waals surface area contributed by atoms with Crippen molar-refractivity contribution < 1.29 is 9.59 Å². The van der Waals surface area contributed by atoms with E-state index in [2.05, 4.69) is 5.32 Å². The van der Waals surface area contributed by atoms with E-state index in [0.717, 1.165) is 12.0 Å². The van der Waals surface area contributed by atoms with Crippen molar-refractivity contribution in [3.63, 3.8) is 0 Å². The Bertz CT molecular complexity index is 536. The summed E-state index contributed by atoms with van der Waals surface area (Å²) >= 11 is 0. The topological polar surface area (TPSA) is 75.4 Å². The summed E-state index contributed by atoms with van der Waals surface area (Å²) in [7, 11) is 3.42. The first-order valence-corrected chi connectivity index (χ1v) is 7.11. The van der Waals surface area contributed by atoms with Crippen LogP contribution < -0.4 is 11.1 Å². The second kappa shape index (κ2) is 6.72. The van der Waals surface area contributed by atoms with Gasteiger partial charge in [-0.25, -0.2) is 0 Å². The molecule has 5 nitrogen and oxygen atoms in total. The Morgan fingerprint density at radius 3 is 2.43 bits per heavy atom. The van der Waals surface area contributed by atoms with Crippen molar-refractivity contribution in [2.75, 3.05) is 19.4 Å². The number of anilines is 1. The molecule has 1 aromatic carbocycles. The van der Waals surface area contributed by atoms with E-state index in [1.807, 2.05) is 13.8 Å². The number of carbonyl (C=O) groups excluding carboxylic acids is 2. The van der Waals surface area contributed by atoms with Crippen molar-refractivity contribution in [3.8, 4) is 0 Å². The molecule has 0 aliphatic rings. The molecule has 0 radical (unpaired) electrons. The minimum absolute atomic E-state index is 0.0555. The maximum atomic E-state index is 12.2. The van der Waals surface area contributed by atoms with Gasteiger partial charge in [0.1, 0.15) is 0 Å². The highest BCUT2D eigenvalue weighted by Gasteiger charge is 2.27. The quantitative estimate of drug-likeness (QED) is 0.873. The summed E-state index contributed by atoms with van der Waals surface area (Å²) in [6, 6.07) is 5.24. The summed E-state index contributed by atoms with van der Waals surface area (Å²) in [5, 5.41) is 2.81. The van der Waals surface area contributed by atoms with Gasteiger partial charge in [0, 0.05) is 25.3 Å². The molecule has 21 heavy (non-hydrogen) atoms. The molecule has 2 amide bonds. The summed E-state index contributed by atoms with van der Waals surface area (Å²) in [5.41, 5.74) is 7.21. The minimum atomic E-state index is -0.888. The average molecular weight is 291 g/mol. The highest BCUT2D eigenvalue weighted by atomic mass is 16.2. The highest BCUT2D eigenvalue weighted by molar-refractivity contribution is 5.99. The molecule has 0 saturated heterocycles. The standard InChI is InChI=1S/C16H25N3O2/c1-6-9-16(3,17)15(21)18-12-7-8-13(11(2)10-12)14(20)19(4)5/h7-8,10H,6,9,17H2,1-5H3,(H,18,21).